The second kappa shape index (κ2) is 6.85. The predicted molar refractivity (Wildman–Crippen MR) is 88.1 cm³/mol. The van der Waals surface area contributed by atoms with Crippen molar-refractivity contribution >= 4 is 17.2 Å². The Morgan fingerprint density at radius 1 is 1.18 bits per heavy atom. The lowest BCUT2D eigenvalue weighted by atomic mass is 10.1. The van der Waals surface area contributed by atoms with Gasteiger partial charge in [0.1, 0.15) is 0 Å². The Morgan fingerprint density at radius 2 is 1.77 bits per heavy atom. The standard InChI is InChI=1S/C17H20N4O/c1-4-13-5-7-14(8-6-13)21-17(22)15(10-18)16-19-11(2)9-12(3)20-16/h5-10H,4,18H2,1-3H3,(H,21,22). The molecule has 0 bridgehead atoms. The van der Waals surface area contributed by atoms with Crippen LogP contribution in [0.15, 0.2) is 36.5 Å². The van der Waals surface area contributed by atoms with Crippen molar-refractivity contribution in [1.29, 1.82) is 0 Å². The minimum Gasteiger partial charge on any atom is -0.404 e. The summed E-state index contributed by atoms with van der Waals surface area (Å²) in [4.78, 5) is 20.9. The largest absolute Gasteiger partial charge is 0.404 e. The van der Waals surface area contributed by atoms with Gasteiger partial charge in [-0.2, -0.15) is 0 Å². The molecule has 5 heteroatoms. The quantitative estimate of drug-likeness (QED) is 0.850. The molecule has 0 aliphatic heterocycles. The van der Waals surface area contributed by atoms with Crippen molar-refractivity contribution in [3.05, 3.63) is 59.3 Å². The van der Waals surface area contributed by atoms with Crippen molar-refractivity contribution < 1.29 is 4.79 Å². The molecule has 22 heavy (non-hydrogen) atoms. The summed E-state index contributed by atoms with van der Waals surface area (Å²) >= 11 is 0. The number of carbonyl (C=O) groups excluding carboxylic acids is 1. The van der Waals surface area contributed by atoms with Crippen LogP contribution in [0.3, 0.4) is 0 Å². The van der Waals surface area contributed by atoms with Crippen LogP contribution in [0.1, 0.15) is 29.7 Å². The zero-order chi connectivity index (χ0) is 16.1. The summed E-state index contributed by atoms with van der Waals surface area (Å²) in [7, 11) is 0. The smallest absolute Gasteiger partial charge is 0.260 e. The highest BCUT2D eigenvalue weighted by molar-refractivity contribution is 6.24. The van der Waals surface area contributed by atoms with Gasteiger partial charge >= 0.3 is 0 Å². The molecule has 1 aromatic heterocycles. The molecule has 0 fully saturated rings. The average molecular weight is 296 g/mol. The Morgan fingerprint density at radius 3 is 2.27 bits per heavy atom. The van der Waals surface area contributed by atoms with Crippen LogP contribution in [-0.4, -0.2) is 15.9 Å². The van der Waals surface area contributed by atoms with E-state index in [9.17, 15) is 4.79 Å². The van der Waals surface area contributed by atoms with E-state index in [0.29, 0.717) is 11.5 Å². The molecule has 0 aliphatic carbocycles. The van der Waals surface area contributed by atoms with Crippen molar-refractivity contribution in [2.45, 2.75) is 27.2 Å². The topological polar surface area (TPSA) is 80.9 Å². The van der Waals surface area contributed by atoms with Gasteiger partial charge < -0.3 is 11.1 Å². The number of anilines is 1. The van der Waals surface area contributed by atoms with Crippen LogP contribution in [-0.2, 0) is 11.2 Å². The maximum absolute atomic E-state index is 12.4. The maximum atomic E-state index is 12.4. The monoisotopic (exact) mass is 296 g/mol. The number of aryl methyl sites for hydroxylation is 3. The van der Waals surface area contributed by atoms with E-state index in [4.69, 9.17) is 5.73 Å². The molecule has 3 N–H and O–H groups in total. The average Bonchev–Trinajstić information content (AvgIpc) is 2.47. The minimum absolute atomic E-state index is 0.256. The van der Waals surface area contributed by atoms with Crippen LogP contribution >= 0.6 is 0 Å². The fourth-order valence-corrected chi connectivity index (χ4v) is 2.12. The highest BCUT2D eigenvalue weighted by atomic mass is 16.1. The summed E-state index contributed by atoms with van der Waals surface area (Å²) in [6, 6.07) is 9.54. The molecule has 1 heterocycles. The number of nitrogens with zero attached hydrogens (tertiary/aromatic N) is 2. The minimum atomic E-state index is -0.322. The van der Waals surface area contributed by atoms with Crippen molar-refractivity contribution in [1.82, 2.24) is 9.97 Å². The zero-order valence-electron chi connectivity index (χ0n) is 13.1. The second-order valence-electron chi connectivity index (χ2n) is 5.06. The summed E-state index contributed by atoms with van der Waals surface area (Å²) in [5.74, 6) is 0.0134. The summed E-state index contributed by atoms with van der Waals surface area (Å²) in [5.41, 5.74) is 9.37. The van der Waals surface area contributed by atoms with E-state index in [1.807, 2.05) is 44.2 Å². The molecule has 0 unspecified atom stereocenters. The molecule has 114 valence electrons. The van der Waals surface area contributed by atoms with Gasteiger partial charge in [-0.25, -0.2) is 9.97 Å². The van der Waals surface area contributed by atoms with Crippen molar-refractivity contribution in [2.24, 2.45) is 5.73 Å². The lowest BCUT2D eigenvalue weighted by Gasteiger charge is -2.09. The van der Waals surface area contributed by atoms with Gasteiger partial charge in [0.05, 0.1) is 5.57 Å². The summed E-state index contributed by atoms with van der Waals surface area (Å²) in [6.07, 6.45) is 2.20. The molecule has 5 nitrogen and oxygen atoms in total. The van der Waals surface area contributed by atoms with Gasteiger partial charge in [0, 0.05) is 23.3 Å². The van der Waals surface area contributed by atoms with Gasteiger partial charge in [0.2, 0.25) is 0 Å². The Bertz CT molecular complexity index is 685. The van der Waals surface area contributed by atoms with E-state index >= 15 is 0 Å². The maximum Gasteiger partial charge on any atom is 0.260 e. The number of benzene rings is 1. The zero-order valence-corrected chi connectivity index (χ0v) is 13.1. The van der Waals surface area contributed by atoms with Gasteiger partial charge in [-0.15, -0.1) is 0 Å². The Kier molecular flexibility index (Phi) is 4.88. The Hall–Kier alpha value is -2.69. The predicted octanol–water partition coefficient (Wildman–Crippen LogP) is 2.59. The normalized spacial score (nSPS) is 11.3. The van der Waals surface area contributed by atoms with Crippen molar-refractivity contribution in [2.75, 3.05) is 5.32 Å². The number of carbonyl (C=O) groups is 1. The van der Waals surface area contributed by atoms with Gasteiger partial charge in [-0.1, -0.05) is 19.1 Å². The van der Waals surface area contributed by atoms with E-state index in [1.165, 1.54) is 11.8 Å². The molecular formula is C17H20N4O. The highest BCUT2D eigenvalue weighted by Crippen LogP contribution is 2.15. The molecule has 2 aromatic rings. The molecular weight excluding hydrogens is 276 g/mol. The number of nitrogens with one attached hydrogen (secondary N) is 1. The van der Waals surface area contributed by atoms with Gasteiger partial charge in [-0.3, -0.25) is 4.79 Å². The van der Waals surface area contributed by atoms with Crippen LogP contribution in [0.5, 0.6) is 0 Å². The lowest BCUT2D eigenvalue weighted by molar-refractivity contribution is -0.111. The molecule has 1 aromatic carbocycles. The summed E-state index contributed by atoms with van der Waals surface area (Å²) in [6.45, 7) is 5.79. The number of aromatic nitrogens is 2. The number of rotatable bonds is 4. The molecule has 2 rings (SSSR count). The van der Waals surface area contributed by atoms with Crippen LogP contribution in [0.25, 0.3) is 5.57 Å². The number of hydrogen-bond acceptors (Lipinski definition) is 4. The van der Waals surface area contributed by atoms with Gasteiger partial charge in [0.25, 0.3) is 5.91 Å². The lowest BCUT2D eigenvalue weighted by Crippen LogP contribution is -2.17. The third-order valence-corrected chi connectivity index (χ3v) is 3.25. The van der Waals surface area contributed by atoms with E-state index in [0.717, 1.165) is 17.8 Å². The second-order valence-corrected chi connectivity index (χ2v) is 5.06. The Balaban J connectivity index is 2.21. The third kappa shape index (κ3) is 3.69. The molecule has 0 aliphatic rings. The molecule has 0 atom stereocenters. The molecule has 0 radical (unpaired) electrons. The number of hydrogen-bond donors (Lipinski definition) is 2. The molecule has 0 saturated heterocycles. The number of amides is 1. The first-order valence-corrected chi connectivity index (χ1v) is 7.18. The first-order valence-electron chi connectivity index (χ1n) is 7.18. The number of nitrogens with two attached hydrogens (primary N) is 1. The van der Waals surface area contributed by atoms with Crippen LogP contribution in [0, 0.1) is 13.8 Å². The SMILES string of the molecule is CCc1ccc(NC(=O)C(=CN)c2nc(C)cc(C)n2)cc1. The molecule has 0 spiro atoms. The first-order chi connectivity index (χ1) is 10.5. The first kappa shape index (κ1) is 15.7. The van der Waals surface area contributed by atoms with Crippen LogP contribution < -0.4 is 11.1 Å². The van der Waals surface area contributed by atoms with E-state index in [2.05, 4.69) is 22.2 Å². The van der Waals surface area contributed by atoms with E-state index < -0.39 is 0 Å². The molecule has 1 amide bonds. The van der Waals surface area contributed by atoms with Crippen molar-refractivity contribution in [3.8, 4) is 0 Å². The third-order valence-electron chi connectivity index (χ3n) is 3.25. The fourth-order valence-electron chi connectivity index (χ4n) is 2.12. The van der Waals surface area contributed by atoms with Gasteiger partial charge in [0.15, 0.2) is 5.82 Å². The fraction of sp³-hybridized carbons (Fsp3) is 0.235. The Labute approximate surface area is 130 Å². The highest BCUT2D eigenvalue weighted by Gasteiger charge is 2.15. The van der Waals surface area contributed by atoms with E-state index in [1.54, 1.807) is 0 Å². The van der Waals surface area contributed by atoms with Crippen LogP contribution in [0.4, 0.5) is 5.69 Å². The molecule has 0 saturated carbocycles. The summed E-state index contributed by atoms with van der Waals surface area (Å²) < 4.78 is 0. The summed E-state index contributed by atoms with van der Waals surface area (Å²) in [5, 5.41) is 2.81. The van der Waals surface area contributed by atoms with Gasteiger partial charge in [-0.05, 0) is 44.0 Å². The van der Waals surface area contributed by atoms with E-state index in [-0.39, 0.29) is 11.5 Å². The van der Waals surface area contributed by atoms with Crippen molar-refractivity contribution in [3.63, 3.8) is 0 Å². The van der Waals surface area contributed by atoms with Crippen LogP contribution in [0.2, 0.25) is 0 Å².